The van der Waals surface area contributed by atoms with Gasteiger partial charge in [0.25, 0.3) is 0 Å². The van der Waals surface area contributed by atoms with Crippen LogP contribution >= 0.6 is 0 Å². The van der Waals surface area contributed by atoms with Crippen LogP contribution in [-0.4, -0.2) is 6.61 Å². The molecule has 3 heteroatoms. The lowest BCUT2D eigenvalue weighted by atomic mass is 9.78. The number of hydrogen-bond donors (Lipinski definition) is 0. The Labute approximate surface area is 161 Å². The Bertz CT molecular complexity index is 746. The molecule has 0 amide bonds. The zero-order valence-electron chi connectivity index (χ0n) is 16.0. The van der Waals surface area contributed by atoms with Gasteiger partial charge in [-0.3, -0.25) is 0 Å². The molecule has 0 bridgehead atoms. The van der Waals surface area contributed by atoms with Crippen molar-refractivity contribution in [3.63, 3.8) is 0 Å². The van der Waals surface area contributed by atoms with Gasteiger partial charge in [-0.25, -0.2) is 4.39 Å². The van der Waals surface area contributed by atoms with Gasteiger partial charge in [0.2, 0.25) is 5.82 Å². The summed E-state index contributed by atoms with van der Waals surface area (Å²) < 4.78 is 33.1. The van der Waals surface area contributed by atoms with Crippen LogP contribution in [0, 0.1) is 17.6 Å². The molecular weight excluding hydrogens is 342 g/mol. The molecule has 27 heavy (non-hydrogen) atoms. The Morgan fingerprint density at radius 3 is 2.41 bits per heavy atom. The molecule has 1 saturated carbocycles. The van der Waals surface area contributed by atoms with Crippen molar-refractivity contribution in [2.24, 2.45) is 5.92 Å². The summed E-state index contributed by atoms with van der Waals surface area (Å²) in [6, 6.07) is 13.9. The first kappa shape index (κ1) is 19.6. The fraction of sp³-hybridized carbons (Fsp3) is 0.417. The second kappa shape index (κ2) is 9.68. The lowest BCUT2D eigenvalue weighted by molar-refractivity contribution is 0.313. The summed E-state index contributed by atoms with van der Waals surface area (Å²) in [6.45, 7) is 2.08. The van der Waals surface area contributed by atoms with Crippen LogP contribution in [0.3, 0.4) is 0 Å². The molecule has 144 valence electrons. The Kier molecular flexibility index (Phi) is 7.03. The molecule has 0 aliphatic heterocycles. The van der Waals surface area contributed by atoms with E-state index in [4.69, 9.17) is 4.74 Å². The molecule has 1 fully saturated rings. The second-order valence-electron chi connectivity index (χ2n) is 7.27. The number of benzene rings is 2. The summed E-state index contributed by atoms with van der Waals surface area (Å²) in [6.07, 6.45) is 10.5. The number of hydrogen-bond acceptors (Lipinski definition) is 1. The zero-order chi connectivity index (χ0) is 19.1. The van der Waals surface area contributed by atoms with Crippen molar-refractivity contribution in [3.05, 3.63) is 77.4 Å². The van der Waals surface area contributed by atoms with E-state index in [0.29, 0.717) is 30.4 Å². The predicted octanol–water partition coefficient (Wildman–Crippen LogP) is 6.83. The monoisotopic (exact) mass is 370 g/mol. The number of ether oxygens (including phenoxy) is 1. The van der Waals surface area contributed by atoms with Crippen LogP contribution in [0.1, 0.15) is 56.1 Å². The van der Waals surface area contributed by atoms with Crippen molar-refractivity contribution in [2.75, 3.05) is 6.61 Å². The van der Waals surface area contributed by atoms with Gasteiger partial charge < -0.3 is 4.74 Å². The maximum absolute atomic E-state index is 14.1. The average Bonchev–Trinajstić information content (AvgIpc) is 2.71. The van der Waals surface area contributed by atoms with E-state index in [1.54, 1.807) is 13.0 Å². The van der Waals surface area contributed by atoms with Crippen LogP contribution in [-0.2, 0) is 6.42 Å². The smallest absolute Gasteiger partial charge is 0.200 e. The van der Waals surface area contributed by atoms with Crippen LogP contribution in [0.2, 0.25) is 0 Å². The van der Waals surface area contributed by atoms with Gasteiger partial charge in [-0.1, -0.05) is 48.6 Å². The molecule has 0 heterocycles. The lowest BCUT2D eigenvalue weighted by Gasteiger charge is -2.27. The van der Waals surface area contributed by atoms with E-state index in [2.05, 4.69) is 42.5 Å². The minimum atomic E-state index is -0.877. The van der Waals surface area contributed by atoms with E-state index < -0.39 is 11.6 Å². The van der Waals surface area contributed by atoms with Gasteiger partial charge in [-0.05, 0) is 74.5 Å². The van der Waals surface area contributed by atoms with E-state index in [9.17, 15) is 8.78 Å². The van der Waals surface area contributed by atoms with Gasteiger partial charge in [0.15, 0.2) is 11.6 Å². The Morgan fingerprint density at radius 2 is 1.70 bits per heavy atom. The van der Waals surface area contributed by atoms with Gasteiger partial charge >= 0.3 is 0 Å². The molecule has 0 N–H and O–H groups in total. The highest BCUT2D eigenvalue weighted by Gasteiger charge is 2.20. The molecule has 0 spiro atoms. The van der Waals surface area contributed by atoms with Crippen molar-refractivity contribution in [1.82, 2.24) is 0 Å². The molecule has 1 aliphatic carbocycles. The first-order valence-corrected chi connectivity index (χ1v) is 10.00. The van der Waals surface area contributed by atoms with Crippen LogP contribution in [0.15, 0.2) is 54.6 Å². The maximum atomic E-state index is 14.1. The molecule has 3 rings (SSSR count). The second-order valence-corrected chi connectivity index (χ2v) is 7.27. The van der Waals surface area contributed by atoms with Crippen molar-refractivity contribution in [1.29, 1.82) is 0 Å². The van der Waals surface area contributed by atoms with Crippen molar-refractivity contribution in [3.8, 4) is 5.75 Å². The molecule has 2 aromatic rings. The summed E-state index contributed by atoms with van der Waals surface area (Å²) >= 11 is 0. The van der Waals surface area contributed by atoms with Gasteiger partial charge in [-0.15, -0.1) is 0 Å². The van der Waals surface area contributed by atoms with Gasteiger partial charge in [0.05, 0.1) is 6.61 Å². The zero-order valence-corrected chi connectivity index (χ0v) is 16.0. The molecule has 0 radical (unpaired) electrons. The summed E-state index contributed by atoms with van der Waals surface area (Å²) in [5.74, 6) is -0.386. The highest BCUT2D eigenvalue weighted by Crippen LogP contribution is 2.36. The molecular formula is C24H28F2O. The largest absolute Gasteiger partial charge is 0.491 e. The molecule has 0 atom stereocenters. The Balaban J connectivity index is 1.46. The molecule has 0 saturated heterocycles. The van der Waals surface area contributed by atoms with Gasteiger partial charge in [0.1, 0.15) is 0 Å². The summed E-state index contributed by atoms with van der Waals surface area (Å²) in [7, 11) is 0. The van der Waals surface area contributed by atoms with E-state index in [0.717, 1.165) is 6.42 Å². The van der Waals surface area contributed by atoms with E-state index in [1.165, 1.54) is 37.3 Å². The third kappa shape index (κ3) is 5.18. The number of rotatable bonds is 7. The average molecular weight is 370 g/mol. The highest BCUT2D eigenvalue weighted by atomic mass is 19.2. The molecule has 1 nitrogen and oxygen atoms in total. The minimum absolute atomic E-state index is 0.00975. The van der Waals surface area contributed by atoms with E-state index >= 15 is 0 Å². The first-order valence-electron chi connectivity index (χ1n) is 10.00. The Morgan fingerprint density at radius 1 is 0.963 bits per heavy atom. The van der Waals surface area contributed by atoms with Crippen molar-refractivity contribution in [2.45, 2.75) is 51.4 Å². The van der Waals surface area contributed by atoms with Gasteiger partial charge in [0, 0.05) is 0 Å². The van der Waals surface area contributed by atoms with Crippen LogP contribution in [0.4, 0.5) is 8.78 Å². The molecule has 2 aromatic carbocycles. The quantitative estimate of drug-likeness (QED) is 0.486. The van der Waals surface area contributed by atoms with Gasteiger partial charge in [-0.2, -0.15) is 4.39 Å². The third-order valence-corrected chi connectivity index (χ3v) is 5.46. The topological polar surface area (TPSA) is 9.23 Å². The minimum Gasteiger partial charge on any atom is -0.491 e. The van der Waals surface area contributed by atoms with Crippen LogP contribution in [0.5, 0.6) is 5.75 Å². The fourth-order valence-electron chi connectivity index (χ4n) is 3.93. The van der Waals surface area contributed by atoms with E-state index in [-0.39, 0.29) is 5.75 Å². The molecule has 0 unspecified atom stereocenters. The van der Waals surface area contributed by atoms with Crippen molar-refractivity contribution < 1.29 is 13.5 Å². The predicted molar refractivity (Wildman–Crippen MR) is 106 cm³/mol. The summed E-state index contributed by atoms with van der Waals surface area (Å²) in [5, 5.41) is 0. The molecule has 1 aliphatic rings. The number of allylic oxidation sites excluding steroid dienone is 2. The Hall–Kier alpha value is -2.16. The maximum Gasteiger partial charge on any atom is 0.200 e. The standard InChI is InChI=1S/C24H28F2O/c1-2-27-22-17-16-21(23(25)24(22)26)11-7-6-8-18-12-14-20(15-13-18)19-9-4-3-5-10-19/h3-6,8-10,16-18,20H,2,7,11-15H2,1H3/b8-6+. The van der Waals surface area contributed by atoms with Crippen molar-refractivity contribution >= 4 is 0 Å². The molecule has 0 aromatic heterocycles. The fourth-order valence-corrected chi connectivity index (χ4v) is 3.93. The number of aryl methyl sites for hydroxylation is 1. The summed E-state index contributed by atoms with van der Waals surface area (Å²) in [5.41, 5.74) is 1.86. The third-order valence-electron chi connectivity index (χ3n) is 5.46. The first-order chi connectivity index (χ1) is 13.2. The van der Waals surface area contributed by atoms with Crippen LogP contribution in [0.25, 0.3) is 0 Å². The van der Waals surface area contributed by atoms with Crippen LogP contribution < -0.4 is 4.74 Å². The summed E-state index contributed by atoms with van der Waals surface area (Å²) in [4.78, 5) is 0. The highest BCUT2D eigenvalue weighted by molar-refractivity contribution is 5.31. The number of halogens is 2. The van der Waals surface area contributed by atoms with E-state index in [1.807, 2.05) is 0 Å². The normalized spacial score (nSPS) is 20.1. The lowest BCUT2D eigenvalue weighted by Crippen LogP contribution is -2.11. The SMILES string of the molecule is CCOc1ccc(CC/C=C/C2CCC(c3ccccc3)CC2)c(F)c1F.